The molecule has 20 heavy (non-hydrogen) atoms. The van der Waals surface area contributed by atoms with Crippen LogP contribution in [0.25, 0.3) is 0 Å². The van der Waals surface area contributed by atoms with Gasteiger partial charge in [0.15, 0.2) is 0 Å². The number of methoxy groups -OCH3 is 1. The number of sulfonamides is 1. The van der Waals surface area contributed by atoms with E-state index in [0.717, 1.165) is 0 Å². The molecule has 114 valence electrons. The van der Waals surface area contributed by atoms with E-state index in [0.29, 0.717) is 16.6 Å². The summed E-state index contributed by atoms with van der Waals surface area (Å²) in [4.78, 5) is 0.149. The number of benzene rings is 1. The van der Waals surface area contributed by atoms with Crippen LogP contribution in [0.3, 0.4) is 0 Å². The van der Waals surface area contributed by atoms with Crippen molar-refractivity contribution >= 4 is 26.0 Å². The average Bonchev–Trinajstić information content (AvgIpc) is 2.37. The van der Waals surface area contributed by atoms with Gasteiger partial charge in [-0.3, -0.25) is 0 Å². The van der Waals surface area contributed by atoms with Crippen molar-refractivity contribution in [2.75, 3.05) is 13.7 Å². The first-order valence-electron chi connectivity index (χ1n) is 6.22. The molecule has 0 fully saturated rings. The zero-order valence-corrected chi connectivity index (χ0v) is 14.2. The number of hydrogen-bond acceptors (Lipinski definition) is 4. The molecule has 0 aliphatic heterocycles. The largest absolute Gasteiger partial charge is 0.392 e. The molecule has 7 heteroatoms. The second-order valence-electron chi connectivity index (χ2n) is 4.85. The van der Waals surface area contributed by atoms with E-state index in [1.807, 2.05) is 13.8 Å². The lowest BCUT2D eigenvalue weighted by Crippen LogP contribution is -2.41. The lowest BCUT2D eigenvalue weighted by atomic mass is 10.1. The fraction of sp³-hybridized carbons (Fsp3) is 0.538. The fourth-order valence-corrected chi connectivity index (χ4v) is 4.16. The van der Waals surface area contributed by atoms with Crippen LogP contribution in [0.2, 0.25) is 0 Å². The first-order chi connectivity index (χ1) is 9.31. The van der Waals surface area contributed by atoms with Crippen LogP contribution in [-0.2, 0) is 21.4 Å². The molecule has 0 saturated carbocycles. The van der Waals surface area contributed by atoms with Crippen molar-refractivity contribution in [1.82, 2.24) is 4.72 Å². The Hall–Kier alpha value is -0.470. The van der Waals surface area contributed by atoms with Crippen molar-refractivity contribution in [3.8, 4) is 0 Å². The summed E-state index contributed by atoms with van der Waals surface area (Å²) in [5.74, 6) is 0.111. The number of aliphatic hydroxyl groups excluding tert-OH is 1. The second kappa shape index (κ2) is 7.51. The molecule has 1 aromatic rings. The quantitative estimate of drug-likeness (QED) is 0.773. The van der Waals surface area contributed by atoms with E-state index in [1.165, 1.54) is 13.2 Å². The summed E-state index contributed by atoms with van der Waals surface area (Å²) in [6.45, 7) is 4.03. The molecule has 1 atom stereocenters. The van der Waals surface area contributed by atoms with Gasteiger partial charge in [-0.25, -0.2) is 13.1 Å². The molecule has 0 saturated heterocycles. The molecule has 0 heterocycles. The number of hydrogen-bond donors (Lipinski definition) is 2. The van der Waals surface area contributed by atoms with Gasteiger partial charge in [-0.2, -0.15) is 0 Å². The SMILES string of the molecule is COCC(NS(=O)(=O)c1ccc(CO)cc1Br)C(C)C. The highest BCUT2D eigenvalue weighted by atomic mass is 79.9. The van der Waals surface area contributed by atoms with Gasteiger partial charge in [0, 0.05) is 17.6 Å². The maximum absolute atomic E-state index is 12.4. The number of rotatable bonds is 7. The van der Waals surface area contributed by atoms with Gasteiger partial charge in [0.05, 0.1) is 18.1 Å². The Kier molecular flexibility index (Phi) is 6.60. The van der Waals surface area contributed by atoms with Gasteiger partial charge in [-0.15, -0.1) is 0 Å². The van der Waals surface area contributed by atoms with E-state index in [-0.39, 0.29) is 23.5 Å². The molecule has 0 radical (unpaired) electrons. The third-order valence-corrected chi connectivity index (χ3v) is 5.39. The molecule has 1 rings (SSSR count). The standard InChI is InChI=1S/C13H20BrNO4S/c1-9(2)12(8-19-3)15-20(17,18)13-5-4-10(7-16)6-11(13)14/h4-6,9,12,15-16H,7-8H2,1-3H3. The zero-order chi connectivity index (χ0) is 15.3. The molecule has 0 spiro atoms. The molecule has 0 aliphatic rings. The topological polar surface area (TPSA) is 75.6 Å². The van der Waals surface area contributed by atoms with Crippen molar-refractivity contribution in [3.05, 3.63) is 28.2 Å². The van der Waals surface area contributed by atoms with E-state index in [2.05, 4.69) is 20.7 Å². The predicted molar refractivity (Wildman–Crippen MR) is 80.9 cm³/mol. The van der Waals surface area contributed by atoms with E-state index in [1.54, 1.807) is 12.1 Å². The Bertz CT molecular complexity index is 545. The van der Waals surface area contributed by atoms with Gasteiger partial charge in [0.1, 0.15) is 0 Å². The van der Waals surface area contributed by atoms with Gasteiger partial charge < -0.3 is 9.84 Å². The minimum absolute atomic E-state index is 0.111. The highest BCUT2D eigenvalue weighted by Gasteiger charge is 2.24. The molecule has 0 bridgehead atoms. The molecule has 2 N–H and O–H groups in total. The molecule has 0 amide bonds. The van der Waals surface area contributed by atoms with Gasteiger partial charge in [-0.05, 0) is 39.5 Å². The summed E-state index contributed by atoms with van der Waals surface area (Å²) >= 11 is 3.23. The van der Waals surface area contributed by atoms with Crippen LogP contribution < -0.4 is 4.72 Å². The van der Waals surface area contributed by atoms with Crippen LogP contribution in [0.5, 0.6) is 0 Å². The molecular weight excluding hydrogens is 346 g/mol. The molecule has 0 aliphatic carbocycles. The van der Waals surface area contributed by atoms with Crippen LogP contribution in [0.1, 0.15) is 19.4 Å². The second-order valence-corrected chi connectivity index (χ2v) is 7.39. The molecule has 0 aromatic heterocycles. The Morgan fingerprint density at radius 2 is 2.05 bits per heavy atom. The van der Waals surface area contributed by atoms with Crippen molar-refractivity contribution in [3.63, 3.8) is 0 Å². The van der Waals surface area contributed by atoms with Crippen molar-refractivity contribution < 1.29 is 18.3 Å². The number of halogens is 1. The van der Waals surface area contributed by atoms with Crippen molar-refractivity contribution in [2.45, 2.75) is 31.4 Å². The number of ether oxygens (including phenoxy) is 1. The van der Waals surface area contributed by atoms with Gasteiger partial charge in [0.2, 0.25) is 10.0 Å². The Morgan fingerprint density at radius 1 is 1.40 bits per heavy atom. The summed E-state index contributed by atoms with van der Waals surface area (Å²) in [5.41, 5.74) is 0.646. The van der Waals surface area contributed by atoms with Crippen LogP contribution >= 0.6 is 15.9 Å². The highest BCUT2D eigenvalue weighted by Crippen LogP contribution is 2.24. The molecule has 5 nitrogen and oxygen atoms in total. The Balaban J connectivity index is 3.04. The summed E-state index contributed by atoms with van der Waals surface area (Å²) in [6.07, 6.45) is 0. The maximum Gasteiger partial charge on any atom is 0.242 e. The fourth-order valence-electron chi connectivity index (χ4n) is 1.67. The minimum Gasteiger partial charge on any atom is -0.392 e. The monoisotopic (exact) mass is 365 g/mol. The van der Waals surface area contributed by atoms with Crippen LogP contribution in [0, 0.1) is 5.92 Å². The first kappa shape index (κ1) is 17.6. The summed E-state index contributed by atoms with van der Waals surface area (Å²) in [5, 5.41) is 9.04. The van der Waals surface area contributed by atoms with Crippen LogP contribution in [0.4, 0.5) is 0 Å². The van der Waals surface area contributed by atoms with Crippen LogP contribution in [0.15, 0.2) is 27.6 Å². The Morgan fingerprint density at radius 3 is 2.50 bits per heavy atom. The van der Waals surface area contributed by atoms with Gasteiger partial charge >= 0.3 is 0 Å². The first-order valence-corrected chi connectivity index (χ1v) is 8.50. The average molecular weight is 366 g/mol. The third-order valence-electron chi connectivity index (χ3n) is 2.93. The molecule has 1 aromatic carbocycles. The van der Waals surface area contributed by atoms with E-state index in [4.69, 9.17) is 9.84 Å². The highest BCUT2D eigenvalue weighted by molar-refractivity contribution is 9.10. The minimum atomic E-state index is -3.64. The normalized spacial score (nSPS) is 13.7. The molecular formula is C13H20BrNO4S. The van der Waals surface area contributed by atoms with Crippen molar-refractivity contribution in [1.29, 1.82) is 0 Å². The number of aliphatic hydroxyl groups is 1. The maximum atomic E-state index is 12.4. The Labute approximate surface area is 128 Å². The number of nitrogens with one attached hydrogen (secondary N) is 1. The smallest absolute Gasteiger partial charge is 0.242 e. The van der Waals surface area contributed by atoms with Crippen molar-refractivity contribution in [2.24, 2.45) is 5.92 Å². The van der Waals surface area contributed by atoms with E-state index < -0.39 is 10.0 Å². The predicted octanol–water partition coefficient (Wildman–Crippen LogP) is 1.89. The zero-order valence-electron chi connectivity index (χ0n) is 11.8. The summed E-state index contributed by atoms with van der Waals surface area (Å²) in [6, 6.07) is 4.35. The van der Waals surface area contributed by atoms with E-state index >= 15 is 0 Å². The third kappa shape index (κ3) is 4.53. The van der Waals surface area contributed by atoms with E-state index in [9.17, 15) is 8.42 Å². The van der Waals surface area contributed by atoms with Gasteiger partial charge in [-0.1, -0.05) is 19.9 Å². The summed E-state index contributed by atoms with van der Waals surface area (Å²) in [7, 11) is -2.10. The lowest BCUT2D eigenvalue weighted by molar-refractivity contribution is 0.157. The lowest BCUT2D eigenvalue weighted by Gasteiger charge is -2.21. The molecule has 1 unspecified atom stereocenters. The van der Waals surface area contributed by atoms with Crippen LogP contribution in [-0.4, -0.2) is 33.3 Å². The van der Waals surface area contributed by atoms with Gasteiger partial charge in [0.25, 0.3) is 0 Å². The summed E-state index contributed by atoms with van der Waals surface area (Å²) < 4.78 is 32.9.